The van der Waals surface area contributed by atoms with Crippen LogP contribution < -0.4 is 10.1 Å². The lowest BCUT2D eigenvalue weighted by Crippen LogP contribution is -2.88. The second-order valence-electron chi connectivity index (χ2n) is 7.84. The Kier molecular flexibility index (Phi) is 3.92. The maximum atomic E-state index is 5.44. The molecule has 1 aliphatic carbocycles. The van der Waals surface area contributed by atoms with Crippen LogP contribution >= 0.6 is 0 Å². The van der Waals surface area contributed by atoms with Crippen LogP contribution in [-0.4, -0.2) is 18.6 Å². The molecule has 3 heteroatoms. The summed E-state index contributed by atoms with van der Waals surface area (Å²) < 4.78 is 5.44. The van der Waals surface area contributed by atoms with Crippen molar-refractivity contribution in [1.82, 2.24) is 4.98 Å². The smallest absolute Gasteiger partial charge is 0.130 e. The van der Waals surface area contributed by atoms with Gasteiger partial charge in [0.1, 0.15) is 11.8 Å². The predicted octanol–water partition coefficient (Wildman–Crippen LogP) is 3.72. The first kappa shape index (κ1) is 15.8. The van der Waals surface area contributed by atoms with E-state index in [9.17, 15) is 0 Å². The lowest BCUT2D eigenvalue weighted by Gasteiger charge is -2.36. The number of rotatable bonds is 2. The lowest BCUT2D eigenvalue weighted by atomic mass is 9.72. The zero-order chi connectivity index (χ0) is 16.8. The second-order valence-corrected chi connectivity index (χ2v) is 7.84. The van der Waals surface area contributed by atoms with E-state index >= 15 is 0 Å². The summed E-state index contributed by atoms with van der Waals surface area (Å²) in [6.45, 7) is 8.27. The van der Waals surface area contributed by atoms with Crippen LogP contribution in [-0.2, 0) is 6.42 Å². The van der Waals surface area contributed by atoms with Crippen LogP contribution in [0.1, 0.15) is 50.9 Å². The van der Waals surface area contributed by atoms with E-state index in [0.29, 0.717) is 6.04 Å². The fourth-order valence-corrected chi connectivity index (χ4v) is 4.86. The number of ether oxygens (including phenoxy) is 1. The van der Waals surface area contributed by atoms with Crippen molar-refractivity contribution >= 4 is 10.9 Å². The van der Waals surface area contributed by atoms with Gasteiger partial charge in [-0.05, 0) is 56.4 Å². The molecule has 0 saturated carbocycles. The number of nitrogens with two attached hydrogens (primary N) is 1. The number of aromatic nitrogens is 1. The van der Waals surface area contributed by atoms with Gasteiger partial charge < -0.3 is 15.0 Å². The van der Waals surface area contributed by atoms with Crippen molar-refractivity contribution in [3.63, 3.8) is 0 Å². The highest BCUT2D eigenvalue weighted by molar-refractivity contribution is 5.86. The molecule has 3 N–H and O–H groups in total. The summed E-state index contributed by atoms with van der Waals surface area (Å²) in [6.07, 6.45) is 3.64. The molecular weight excluding hydrogens is 296 g/mol. The fourth-order valence-electron chi connectivity index (χ4n) is 4.86. The molecule has 1 aromatic heterocycles. The van der Waals surface area contributed by atoms with E-state index in [0.717, 1.165) is 24.0 Å². The monoisotopic (exact) mass is 325 g/mol. The number of nitrogens with one attached hydrogen (secondary N) is 1. The first-order valence-corrected chi connectivity index (χ1v) is 9.25. The number of allylic oxidation sites excluding steroid dienone is 2. The molecule has 0 saturated heterocycles. The highest BCUT2D eigenvalue weighted by Crippen LogP contribution is 2.42. The molecule has 0 spiro atoms. The molecule has 2 aliphatic rings. The summed E-state index contributed by atoms with van der Waals surface area (Å²) in [4.78, 5) is 3.76. The third kappa shape index (κ3) is 2.46. The minimum atomic E-state index is 0.560. The standard InChI is InChI=1S/C21H28N2O/c1-12-9-14(3)17(10-13(12)2)20-21-16(7-8-22-20)18-11-15(24-4)5-6-19(18)23-21/h5-6,11,14,17,20,22-23H,7-10H2,1-4H3/p+1/t14-,17+,20+/m0/s1. The number of quaternary nitrogens is 1. The Bertz CT molecular complexity index is 802. The van der Waals surface area contributed by atoms with Crippen LogP contribution in [0.25, 0.3) is 10.9 Å². The number of fused-ring (bicyclic) bond motifs is 3. The van der Waals surface area contributed by atoms with Gasteiger partial charge in [-0.25, -0.2) is 0 Å². The zero-order valence-corrected chi connectivity index (χ0v) is 15.3. The van der Waals surface area contributed by atoms with Gasteiger partial charge in [0, 0.05) is 23.2 Å². The number of H-pyrrole nitrogens is 1. The van der Waals surface area contributed by atoms with Crippen molar-refractivity contribution in [3.8, 4) is 5.75 Å². The summed E-state index contributed by atoms with van der Waals surface area (Å²) in [5.41, 5.74) is 7.46. The molecule has 0 radical (unpaired) electrons. The SMILES string of the molecule is COc1ccc2[nH]c3c(c2c1)CC[NH2+][C@@H]3[C@@H]1CC(C)=C(C)C[C@@H]1C. The minimum Gasteiger partial charge on any atom is -0.497 e. The molecule has 2 aromatic rings. The van der Waals surface area contributed by atoms with Crippen LogP contribution in [0.5, 0.6) is 5.75 Å². The van der Waals surface area contributed by atoms with Gasteiger partial charge in [-0.2, -0.15) is 0 Å². The molecule has 128 valence electrons. The quantitative estimate of drug-likeness (QED) is 0.812. The Morgan fingerprint density at radius 2 is 1.96 bits per heavy atom. The molecule has 2 heterocycles. The summed E-state index contributed by atoms with van der Waals surface area (Å²) in [7, 11) is 1.75. The van der Waals surface area contributed by atoms with Crippen molar-refractivity contribution in [2.24, 2.45) is 11.8 Å². The van der Waals surface area contributed by atoms with E-state index in [-0.39, 0.29) is 0 Å². The van der Waals surface area contributed by atoms with Crippen LogP contribution in [0.15, 0.2) is 29.3 Å². The Morgan fingerprint density at radius 3 is 2.75 bits per heavy atom. The van der Waals surface area contributed by atoms with Crippen molar-refractivity contribution in [1.29, 1.82) is 0 Å². The molecular formula is C21H29N2O+. The Labute approximate surface area is 144 Å². The predicted molar refractivity (Wildman–Crippen MR) is 98.4 cm³/mol. The van der Waals surface area contributed by atoms with Gasteiger partial charge in [0.2, 0.25) is 0 Å². The molecule has 0 amide bonds. The van der Waals surface area contributed by atoms with E-state index < -0.39 is 0 Å². The van der Waals surface area contributed by atoms with E-state index in [2.05, 4.69) is 49.3 Å². The first-order valence-electron chi connectivity index (χ1n) is 9.25. The van der Waals surface area contributed by atoms with Crippen LogP contribution in [0.4, 0.5) is 0 Å². The van der Waals surface area contributed by atoms with E-state index in [1.165, 1.54) is 41.5 Å². The zero-order valence-electron chi connectivity index (χ0n) is 15.3. The van der Waals surface area contributed by atoms with Crippen molar-refractivity contribution in [2.45, 2.75) is 46.1 Å². The Hall–Kier alpha value is -1.74. The maximum absolute atomic E-state index is 5.44. The Morgan fingerprint density at radius 1 is 1.17 bits per heavy atom. The van der Waals surface area contributed by atoms with Gasteiger partial charge >= 0.3 is 0 Å². The third-order valence-corrected chi connectivity index (χ3v) is 6.39. The molecule has 1 aliphatic heterocycles. The van der Waals surface area contributed by atoms with E-state index in [1.807, 2.05) is 0 Å². The van der Waals surface area contributed by atoms with Crippen LogP contribution in [0.3, 0.4) is 0 Å². The fraction of sp³-hybridized carbons (Fsp3) is 0.524. The molecule has 1 aromatic carbocycles. The molecule has 24 heavy (non-hydrogen) atoms. The molecule has 4 rings (SSSR count). The lowest BCUT2D eigenvalue weighted by molar-refractivity contribution is -0.707. The molecule has 0 fully saturated rings. The number of hydrogen-bond donors (Lipinski definition) is 2. The summed E-state index contributed by atoms with van der Waals surface area (Å²) in [5.74, 6) is 2.43. The number of aromatic amines is 1. The van der Waals surface area contributed by atoms with Gasteiger partial charge in [0.25, 0.3) is 0 Å². The average Bonchev–Trinajstić information content (AvgIpc) is 2.96. The average molecular weight is 325 g/mol. The number of hydrogen-bond acceptors (Lipinski definition) is 1. The third-order valence-electron chi connectivity index (χ3n) is 6.39. The highest BCUT2D eigenvalue weighted by Gasteiger charge is 2.38. The van der Waals surface area contributed by atoms with Gasteiger partial charge in [-0.15, -0.1) is 0 Å². The maximum Gasteiger partial charge on any atom is 0.130 e. The summed E-state index contributed by atoms with van der Waals surface area (Å²) in [5, 5.41) is 3.93. The van der Waals surface area contributed by atoms with Crippen molar-refractivity contribution in [2.75, 3.05) is 13.7 Å². The van der Waals surface area contributed by atoms with Crippen LogP contribution in [0.2, 0.25) is 0 Å². The van der Waals surface area contributed by atoms with Gasteiger partial charge in [-0.3, -0.25) is 0 Å². The molecule has 3 atom stereocenters. The molecule has 0 unspecified atom stereocenters. The van der Waals surface area contributed by atoms with Gasteiger partial charge in [0.05, 0.1) is 19.3 Å². The van der Waals surface area contributed by atoms with E-state index in [4.69, 9.17) is 4.74 Å². The Balaban J connectivity index is 1.76. The topological polar surface area (TPSA) is 41.6 Å². The van der Waals surface area contributed by atoms with E-state index in [1.54, 1.807) is 18.3 Å². The minimum absolute atomic E-state index is 0.560. The van der Waals surface area contributed by atoms with Crippen molar-refractivity contribution in [3.05, 3.63) is 40.6 Å². The molecule has 3 nitrogen and oxygen atoms in total. The highest BCUT2D eigenvalue weighted by atomic mass is 16.5. The van der Waals surface area contributed by atoms with Gasteiger partial charge in [0.15, 0.2) is 0 Å². The normalized spacial score (nSPS) is 27.4. The number of benzene rings is 1. The summed E-state index contributed by atoms with van der Waals surface area (Å²) in [6, 6.07) is 6.99. The van der Waals surface area contributed by atoms with Crippen molar-refractivity contribution < 1.29 is 10.1 Å². The number of methoxy groups -OCH3 is 1. The van der Waals surface area contributed by atoms with Crippen LogP contribution in [0, 0.1) is 11.8 Å². The summed E-state index contributed by atoms with van der Waals surface area (Å²) >= 11 is 0. The first-order chi connectivity index (χ1) is 11.6. The molecule has 0 bridgehead atoms. The second kappa shape index (κ2) is 5.96. The van der Waals surface area contributed by atoms with Gasteiger partial charge in [-0.1, -0.05) is 18.1 Å². The largest absolute Gasteiger partial charge is 0.497 e.